The van der Waals surface area contributed by atoms with Crippen molar-refractivity contribution in [3.8, 4) is 0 Å². The molecule has 0 aliphatic rings. The maximum Gasteiger partial charge on any atom is 0.212 e. The quantitative estimate of drug-likeness (QED) is 0.855. The molecule has 0 bridgehead atoms. The minimum atomic E-state index is -0.516. The van der Waals surface area contributed by atoms with Gasteiger partial charge in [0.1, 0.15) is 5.82 Å². The molecule has 94 valence electrons. The van der Waals surface area contributed by atoms with E-state index in [9.17, 15) is 8.78 Å². The third-order valence-electron chi connectivity index (χ3n) is 2.55. The molecule has 0 radical (unpaired) electrons. The van der Waals surface area contributed by atoms with Crippen molar-refractivity contribution in [3.63, 3.8) is 0 Å². The summed E-state index contributed by atoms with van der Waals surface area (Å²) in [6.45, 7) is 1.93. The van der Waals surface area contributed by atoms with Gasteiger partial charge in [-0.15, -0.1) is 0 Å². The maximum absolute atomic E-state index is 13.1. The van der Waals surface area contributed by atoms with Crippen LogP contribution in [0.1, 0.15) is 18.5 Å². The van der Waals surface area contributed by atoms with E-state index < -0.39 is 5.95 Å². The Morgan fingerprint density at radius 2 is 2.00 bits per heavy atom. The van der Waals surface area contributed by atoms with Crippen molar-refractivity contribution in [2.24, 2.45) is 0 Å². The van der Waals surface area contributed by atoms with Crippen LogP contribution in [0.3, 0.4) is 0 Å². The molecule has 0 aliphatic heterocycles. The summed E-state index contributed by atoms with van der Waals surface area (Å²) in [6.07, 6.45) is 1.42. The number of hydrogen-bond donors (Lipinski definition) is 1. The Morgan fingerprint density at radius 3 is 2.61 bits per heavy atom. The van der Waals surface area contributed by atoms with Crippen molar-refractivity contribution in [2.45, 2.75) is 13.0 Å². The number of pyridine rings is 1. The van der Waals surface area contributed by atoms with Crippen LogP contribution in [0.4, 0.5) is 14.5 Å². The normalized spacial score (nSPS) is 12.2. The van der Waals surface area contributed by atoms with E-state index in [4.69, 9.17) is 0 Å². The lowest BCUT2D eigenvalue weighted by Gasteiger charge is -2.15. The Morgan fingerprint density at radius 1 is 1.22 bits per heavy atom. The Balaban J connectivity index is 2.13. The van der Waals surface area contributed by atoms with Crippen LogP contribution < -0.4 is 5.32 Å². The molecule has 0 aliphatic carbocycles. The molecule has 2 nitrogen and oxygen atoms in total. The van der Waals surface area contributed by atoms with Crippen LogP contribution in [0.25, 0.3) is 0 Å². The Kier molecular flexibility index (Phi) is 3.91. The van der Waals surface area contributed by atoms with Gasteiger partial charge in [0.25, 0.3) is 0 Å². The highest BCUT2D eigenvalue weighted by Gasteiger charge is 2.08. The molecular weight excluding hydrogens is 302 g/mol. The molecule has 0 fully saturated rings. The van der Waals surface area contributed by atoms with Crippen molar-refractivity contribution in [3.05, 3.63) is 58.3 Å². The second-order valence-corrected chi connectivity index (χ2v) is 4.76. The number of hydrogen-bond acceptors (Lipinski definition) is 2. The average molecular weight is 313 g/mol. The molecule has 1 N–H and O–H groups in total. The summed E-state index contributed by atoms with van der Waals surface area (Å²) in [4.78, 5) is 3.56. The molecule has 1 aromatic carbocycles. The molecule has 1 aromatic heterocycles. The number of rotatable bonds is 3. The highest BCUT2D eigenvalue weighted by Crippen LogP contribution is 2.23. The number of anilines is 1. The van der Waals surface area contributed by atoms with Gasteiger partial charge in [-0.2, -0.15) is 4.39 Å². The molecule has 1 atom stereocenters. The molecule has 0 saturated carbocycles. The number of nitrogens with one attached hydrogen (secondary N) is 1. The molecule has 1 unspecified atom stereocenters. The predicted molar refractivity (Wildman–Crippen MR) is 70.3 cm³/mol. The van der Waals surface area contributed by atoms with Gasteiger partial charge in [-0.25, -0.2) is 9.37 Å². The van der Waals surface area contributed by atoms with Crippen molar-refractivity contribution in [2.75, 3.05) is 5.32 Å². The minimum Gasteiger partial charge on any atom is -0.377 e. The van der Waals surface area contributed by atoms with Gasteiger partial charge in [-0.1, -0.05) is 6.07 Å². The SMILES string of the molecule is CC(Nc1ccc(F)nc1)c1ccc(F)c(Br)c1. The molecule has 1 heterocycles. The molecule has 2 aromatic rings. The lowest BCUT2D eigenvalue weighted by Crippen LogP contribution is -2.07. The van der Waals surface area contributed by atoms with Gasteiger partial charge >= 0.3 is 0 Å². The summed E-state index contributed by atoms with van der Waals surface area (Å²) < 4.78 is 26.2. The van der Waals surface area contributed by atoms with Crippen molar-refractivity contribution in [1.82, 2.24) is 4.98 Å². The van der Waals surface area contributed by atoms with E-state index in [0.717, 1.165) is 5.56 Å². The number of benzene rings is 1. The van der Waals surface area contributed by atoms with Crippen molar-refractivity contribution < 1.29 is 8.78 Å². The third kappa shape index (κ3) is 3.04. The van der Waals surface area contributed by atoms with Crippen LogP contribution in [-0.2, 0) is 0 Å². The van der Waals surface area contributed by atoms with Crippen LogP contribution in [-0.4, -0.2) is 4.98 Å². The molecule has 0 saturated heterocycles. The predicted octanol–water partition coefficient (Wildman–Crippen LogP) is 4.30. The van der Waals surface area contributed by atoms with Gasteiger partial charge in [0.05, 0.1) is 16.4 Å². The average Bonchev–Trinajstić information content (AvgIpc) is 2.35. The molecule has 2 rings (SSSR count). The number of aromatic nitrogens is 1. The van der Waals surface area contributed by atoms with Crippen LogP contribution in [0, 0.1) is 11.8 Å². The highest BCUT2D eigenvalue weighted by molar-refractivity contribution is 9.10. The van der Waals surface area contributed by atoms with E-state index in [0.29, 0.717) is 10.2 Å². The summed E-state index contributed by atoms with van der Waals surface area (Å²) >= 11 is 3.14. The molecule has 5 heteroatoms. The lowest BCUT2D eigenvalue weighted by atomic mass is 10.1. The second-order valence-electron chi connectivity index (χ2n) is 3.91. The summed E-state index contributed by atoms with van der Waals surface area (Å²) in [5.74, 6) is -0.813. The molecule has 0 spiro atoms. The zero-order valence-electron chi connectivity index (χ0n) is 9.62. The van der Waals surface area contributed by atoms with Crippen molar-refractivity contribution in [1.29, 1.82) is 0 Å². The topological polar surface area (TPSA) is 24.9 Å². The first-order chi connectivity index (χ1) is 8.56. The van der Waals surface area contributed by atoms with Gasteiger partial charge in [0.15, 0.2) is 0 Å². The zero-order chi connectivity index (χ0) is 13.1. The number of halogens is 3. The van der Waals surface area contributed by atoms with Crippen molar-refractivity contribution >= 4 is 21.6 Å². The smallest absolute Gasteiger partial charge is 0.212 e. The lowest BCUT2D eigenvalue weighted by molar-refractivity contribution is 0.584. The number of nitrogens with zero attached hydrogens (tertiary/aromatic N) is 1. The van der Waals surface area contributed by atoms with E-state index in [1.54, 1.807) is 18.2 Å². The summed E-state index contributed by atoms with van der Waals surface area (Å²) in [7, 11) is 0. The Hall–Kier alpha value is -1.49. The molecular formula is C13H11BrF2N2. The van der Waals surface area contributed by atoms with Gasteiger partial charge in [-0.05, 0) is 52.7 Å². The first-order valence-corrected chi connectivity index (χ1v) is 6.18. The maximum atomic E-state index is 13.1. The second kappa shape index (κ2) is 5.44. The largest absolute Gasteiger partial charge is 0.377 e. The van der Waals surface area contributed by atoms with Gasteiger partial charge in [-0.3, -0.25) is 0 Å². The van der Waals surface area contributed by atoms with E-state index in [1.807, 2.05) is 6.92 Å². The molecule has 18 heavy (non-hydrogen) atoms. The van der Waals surface area contributed by atoms with Crippen LogP contribution in [0.2, 0.25) is 0 Å². The van der Waals surface area contributed by atoms with E-state index in [2.05, 4.69) is 26.2 Å². The summed E-state index contributed by atoms with van der Waals surface area (Å²) in [5, 5.41) is 3.16. The van der Waals surface area contributed by atoms with Gasteiger partial charge in [0.2, 0.25) is 5.95 Å². The first-order valence-electron chi connectivity index (χ1n) is 5.39. The first kappa shape index (κ1) is 13.0. The van der Waals surface area contributed by atoms with E-state index >= 15 is 0 Å². The molecule has 0 amide bonds. The monoisotopic (exact) mass is 312 g/mol. The van der Waals surface area contributed by atoms with Crippen LogP contribution in [0.15, 0.2) is 41.0 Å². The standard InChI is InChI=1S/C13H11BrF2N2/c1-8(9-2-4-12(15)11(14)6-9)18-10-3-5-13(16)17-7-10/h2-8,18H,1H3. The Bertz CT molecular complexity index is 543. The fourth-order valence-corrected chi connectivity index (χ4v) is 1.97. The Labute approximate surface area is 112 Å². The van der Waals surface area contributed by atoms with E-state index in [1.165, 1.54) is 18.3 Å². The fourth-order valence-electron chi connectivity index (χ4n) is 1.58. The van der Waals surface area contributed by atoms with Gasteiger partial charge < -0.3 is 5.32 Å². The van der Waals surface area contributed by atoms with Gasteiger partial charge in [0, 0.05) is 6.04 Å². The van der Waals surface area contributed by atoms with E-state index in [-0.39, 0.29) is 11.9 Å². The summed E-state index contributed by atoms with van der Waals surface area (Å²) in [6, 6.07) is 7.68. The van der Waals surface area contributed by atoms with Crippen LogP contribution >= 0.6 is 15.9 Å². The minimum absolute atomic E-state index is 0.0332. The summed E-state index contributed by atoms with van der Waals surface area (Å²) in [5.41, 5.74) is 1.64. The highest BCUT2D eigenvalue weighted by atomic mass is 79.9. The van der Waals surface area contributed by atoms with Crippen LogP contribution in [0.5, 0.6) is 0 Å². The third-order valence-corrected chi connectivity index (χ3v) is 3.16. The fraction of sp³-hybridized carbons (Fsp3) is 0.154. The zero-order valence-corrected chi connectivity index (χ0v) is 11.2.